The molecule has 1 unspecified atom stereocenters. The molecule has 0 heterocycles. The van der Waals surface area contributed by atoms with Gasteiger partial charge in [-0.2, -0.15) is 0 Å². The lowest BCUT2D eigenvalue weighted by Gasteiger charge is -2.24. The Hall–Kier alpha value is -0.710. The fraction of sp³-hybridized carbons (Fsp3) is 0.500. The fourth-order valence-corrected chi connectivity index (χ4v) is 3.03. The van der Waals surface area contributed by atoms with Crippen molar-refractivity contribution >= 4 is 29.3 Å². The number of halogens is 1. The molecule has 1 aromatic rings. The highest BCUT2D eigenvalue weighted by Gasteiger charge is 2.34. The van der Waals surface area contributed by atoms with Gasteiger partial charge < -0.3 is 10.0 Å². The van der Waals surface area contributed by atoms with Crippen LogP contribution in [0.2, 0.25) is 5.02 Å². The third-order valence-corrected chi connectivity index (χ3v) is 4.44. The van der Waals surface area contributed by atoms with Gasteiger partial charge in [-0.05, 0) is 44.0 Å². The molecule has 0 aromatic heterocycles. The normalized spacial score (nSPS) is 16.2. The van der Waals surface area contributed by atoms with Crippen LogP contribution in [-0.4, -0.2) is 40.4 Å². The number of nitrogens with zero attached hydrogens (tertiary/aromatic N) is 1. The van der Waals surface area contributed by atoms with Gasteiger partial charge in [-0.25, -0.2) is 0 Å². The molecule has 0 aliphatic heterocycles. The van der Waals surface area contributed by atoms with E-state index in [0.717, 1.165) is 17.7 Å². The number of aliphatic hydroxyl groups excluding tert-OH is 1. The third kappa shape index (κ3) is 4.13. The summed E-state index contributed by atoms with van der Waals surface area (Å²) < 4.78 is 0. The maximum Gasteiger partial charge on any atom is 0.236 e. The average Bonchev–Trinajstić information content (AvgIpc) is 3.22. The first-order chi connectivity index (χ1) is 9.11. The molecular formula is C14H18ClNO2S. The van der Waals surface area contributed by atoms with E-state index in [0.29, 0.717) is 17.6 Å². The van der Waals surface area contributed by atoms with Crippen LogP contribution in [0.5, 0.6) is 0 Å². The summed E-state index contributed by atoms with van der Waals surface area (Å²) in [6.07, 6.45) is 2.12. The van der Waals surface area contributed by atoms with Gasteiger partial charge >= 0.3 is 0 Å². The van der Waals surface area contributed by atoms with Crippen LogP contribution in [0.1, 0.15) is 19.8 Å². The van der Waals surface area contributed by atoms with Gasteiger partial charge in [0, 0.05) is 22.5 Å². The SMILES string of the molecule is CC(Sc1ccc(Cl)cc1)C(=O)N(CCO)C1CC1. The quantitative estimate of drug-likeness (QED) is 0.821. The maximum atomic E-state index is 12.4. The molecule has 0 bridgehead atoms. The van der Waals surface area contributed by atoms with Gasteiger partial charge in [0.05, 0.1) is 11.9 Å². The summed E-state index contributed by atoms with van der Waals surface area (Å²) in [4.78, 5) is 15.2. The van der Waals surface area contributed by atoms with E-state index in [4.69, 9.17) is 16.7 Å². The van der Waals surface area contributed by atoms with Crippen molar-refractivity contribution < 1.29 is 9.90 Å². The van der Waals surface area contributed by atoms with Crippen LogP contribution >= 0.6 is 23.4 Å². The molecule has 0 radical (unpaired) electrons. The molecule has 1 amide bonds. The van der Waals surface area contributed by atoms with E-state index in [1.807, 2.05) is 36.1 Å². The molecular weight excluding hydrogens is 282 g/mol. The van der Waals surface area contributed by atoms with Crippen molar-refractivity contribution in [3.8, 4) is 0 Å². The van der Waals surface area contributed by atoms with E-state index in [1.54, 1.807) is 0 Å². The van der Waals surface area contributed by atoms with Crippen molar-refractivity contribution in [2.24, 2.45) is 0 Å². The molecule has 1 N–H and O–H groups in total. The zero-order valence-corrected chi connectivity index (χ0v) is 12.5. The van der Waals surface area contributed by atoms with Crippen LogP contribution in [0.3, 0.4) is 0 Å². The number of carbonyl (C=O) groups excluding carboxylic acids is 1. The first-order valence-corrected chi connectivity index (χ1v) is 7.71. The highest BCUT2D eigenvalue weighted by atomic mass is 35.5. The van der Waals surface area contributed by atoms with Crippen molar-refractivity contribution in [1.29, 1.82) is 0 Å². The number of rotatable bonds is 6. The molecule has 1 aliphatic carbocycles. The molecule has 1 fully saturated rings. The Morgan fingerprint density at radius 2 is 2.11 bits per heavy atom. The molecule has 1 saturated carbocycles. The molecule has 0 spiro atoms. The highest BCUT2D eigenvalue weighted by Crippen LogP contribution is 2.31. The lowest BCUT2D eigenvalue weighted by atomic mass is 10.3. The minimum absolute atomic E-state index is 0.0283. The summed E-state index contributed by atoms with van der Waals surface area (Å²) >= 11 is 7.37. The number of benzene rings is 1. The first kappa shape index (κ1) is 14.7. The topological polar surface area (TPSA) is 40.5 Å². The number of carbonyl (C=O) groups is 1. The largest absolute Gasteiger partial charge is 0.395 e. The molecule has 1 atom stereocenters. The summed E-state index contributed by atoms with van der Waals surface area (Å²) in [7, 11) is 0. The van der Waals surface area contributed by atoms with Crippen LogP contribution in [0.4, 0.5) is 0 Å². The number of amides is 1. The van der Waals surface area contributed by atoms with Gasteiger partial charge in [-0.3, -0.25) is 4.79 Å². The second kappa shape index (κ2) is 6.64. The van der Waals surface area contributed by atoms with E-state index < -0.39 is 0 Å². The predicted octanol–water partition coefficient (Wildman–Crippen LogP) is 2.80. The molecule has 19 heavy (non-hydrogen) atoms. The van der Waals surface area contributed by atoms with Crippen LogP contribution in [0, 0.1) is 0 Å². The van der Waals surface area contributed by atoms with E-state index in [2.05, 4.69) is 0 Å². The van der Waals surface area contributed by atoms with E-state index in [1.165, 1.54) is 11.8 Å². The maximum absolute atomic E-state index is 12.4. The van der Waals surface area contributed by atoms with Crippen molar-refractivity contribution in [2.75, 3.05) is 13.2 Å². The zero-order valence-electron chi connectivity index (χ0n) is 10.9. The second-order valence-corrected chi connectivity index (χ2v) is 6.55. The third-order valence-electron chi connectivity index (χ3n) is 3.09. The number of aliphatic hydroxyl groups is 1. The monoisotopic (exact) mass is 299 g/mol. The lowest BCUT2D eigenvalue weighted by molar-refractivity contribution is -0.131. The van der Waals surface area contributed by atoms with E-state index in [9.17, 15) is 4.79 Å². The van der Waals surface area contributed by atoms with E-state index >= 15 is 0 Å². The predicted molar refractivity (Wildman–Crippen MR) is 78.6 cm³/mol. The van der Waals surface area contributed by atoms with Crippen LogP contribution in [0.25, 0.3) is 0 Å². The molecule has 104 valence electrons. The molecule has 2 rings (SSSR count). The molecule has 0 saturated heterocycles. The molecule has 1 aromatic carbocycles. The van der Waals surface area contributed by atoms with Crippen LogP contribution in [-0.2, 0) is 4.79 Å². The summed E-state index contributed by atoms with van der Waals surface area (Å²) in [5.41, 5.74) is 0. The Labute approximate surface area is 122 Å². The Kier molecular flexibility index (Phi) is 5.13. The highest BCUT2D eigenvalue weighted by molar-refractivity contribution is 8.00. The summed E-state index contributed by atoms with van der Waals surface area (Å²) in [5.74, 6) is 0.108. The van der Waals surface area contributed by atoms with Gasteiger partial charge in [-0.15, -0.1) is 11.8 Å². The van der Waals surface area contributed by atoms with Crippen molar-refractivity contribution in [1.82, 2.24) is 4.90 Å². The summed E-state index contributed by atoms with van der Waals surface area (Å²) in [6, 6.07) is 7.84. The lowest BCUT2D eigenvalue weighted by Crippen LogP contribution is -2.40. The fourth-order valence-electron chi connectivity index (χ4n) is 1.97. The Balaban J connectivity index is 1.95. The smallest absolute Gasteiger partial charge is 0.236 e. The minimum Gasteiger partial charge on any atom is -0.395 e. The van der Waals surface area contributed by atoms with Gasteiger partial charge in [0.1, 0.15) is 0 Å². The van der Waals surface area contributed by atoms with Gasteiger partial charge in [0.25, 0.3) is 0 Å². The Morgan fingerprint density at radius 1 is 1.47 bits per heavy atom. The molecule has 1 aliphatic rings. The number of thioether (sulfide) groups is 1. The molecule has 3 nitrogen and oxygen atoms in total. The standard InChI is InChI=1S/C14H18ClNO2S/c1-10(19-13-6-2-11(15)3-7-13)14(18)16(8-9-17)12-4-5-12/h2-3,6-7,10,12,17H,4-5,8-9H2,1H3. The van der Waals surface area contributed by atoms with Gasteiger partial charge in [-0.1, -0.05) is 11.6 Å². The summed E-state index contributed by atoms with van der Waals surface area (Å²) in [6.45, 7) is 2.38. The second-order valence-electron chi connectivity index (χ2n) is 4.70. The average molecular weight is 300 g/mol. The van der Waals surface area contributed by atoms with Crippen molar-refractivity contribution in [3.05, 3.63) is 29.3 Å². The van der Waals surface area contributed by atoms with Crippen LogP contribution < -0.4 is 0 Å². The summed E-state index contributed by atoms with van der Waals surface area (Å²) in [5, 5.41) is 9.60. The van der Waals surface area contributed by atoms with Crippen molar-refractivity contribution in [3.63, 3.8) is 0 Å². The van der Waals surface area contributed by atoms with Gasteiger partial charge in [0.15, 0.2) is 0 Å². The van der Waals surface area contributed by atoms with Gasteiger partial charge in [0.2, 0.25) is 5.91 Å². The number of hydrogen-bond donors (Lipinski definition) is 1. The zero-order chi connectivity index (χ0) is 13.8. The van der Waals surface area contributed by atoms with Crippen LogP contribution in [0.15, 0.2) is 29.2 Å². The first-order valence-electron chi connectivity index (χ1n) is 6.45. The molecule has 5 heteroatoms. The van der Waals surface area contributed by atoms with E-state index in [-0.39, 0.29) is 17.8 Å². The Bertz CT molecular complexity index is 434. The Morgan fingerprint density at radius 3 is 2.63 bits per heavy atom. The number of hydrogen-bond acceptors (Lipinski definition) is 3. The van der Waals surface area contributed by atoms with Crippen molar-refractivity contribution in [2.45, 2.75) is 36.0 Å². The minimum atomic E-state index is -0.145.